The highest BCUT2D eigenvalue weighted by molar-refractivity contribution is 5.55. The van der Waals surface area contributed by atoms with Crippen LogP contribution in [0.1, 0.15) is 30.9 Å². The summed E-state index contributed by atoms with van der Waals surface area (Å²) in [4.78, 5) is 2.47. The predicted octanol–water partition coefficient (Wildman–Crippen LogP) is 3.70. The van der Waals surface area contributed by atoms with Crippen molar-refractivity contribution in [1.29, 1.82) is 0 Å². The molecule has 21 heavy (non-hydrogen) atoms. The van der Waals surface area contributed by atoms with Crippen molar-refractivity contribution in [2.24, 2.45) is 5.73 Å². The van der Waals surface area contributed by atoms with Gasteiger partial charge in [-0.25, -0.2) is 0 Å². The molecule has 1 aliphatic heterocycles. The van der Waals surface area contributed by atoms with E-state index >= 15 is 0 Å². The van der Waals surface area contributed by atoms with Gasteiger partial charge in [0.25, 0.3) is 0 Å². The lowest BCUT2D eigenvalue weighted by atomic mass is 9.92. The largest absolute Gasteiger partial charge is 0.369 e. The molecule has 2 N–H and O–H groups in total. The molecule has 0 bridgehead atoms. The highest BCUT2D eigenvalue weighted by Crippen LogP contribution is 2.29. The summed E-state index contributed by atoms with van der Waals surface area (Å²) in [6, 6.07) is 19.2. The van der Waals surface area contributed by atoms with Crippen LogP contribution in [0.2, 0.25) is 0 Å². The van der Waals surface area contributed by atoms with Crippen LogP contribution in [-0.4, -0.2) is 13.1 Å². The van der Waals surface area contributed by atoms with Crippen molar-refractivity contribution in [3.8, 4) is 0 Å². The molecule has 0 saturated heterocycles. The van der Waals surface area contributed by atoms with Crippen LogP contribution >= 0.6 is 0 Å². The second-order valence-corrected chi connectivity index (χ2v) is 6.29. The van der Waals surface area contributed by atoms with Crippen molar-refractivity contribution >= 4 is 5.69 Å². The summed E-state index contributed by atoms with van der Waals surface area (Å²) in [6.45, 7) is 4.08. The van der Waals surface area contributed by atoms with E-state index in [2.05, 4.69) is 60.4 Å². The Morgan fingerprint density at radius 2 is 1.71 bits per heavy atom. The van der Waals surface area contributed by atoms with Gasteiger partial charge in [-0.05, 0) is 43.4 Å². The van der Waals surface area contributed by atoms with E-state index in [4.69, 9.17) is 5.73 Å². The Bertz CT molecular complexity index is 590. The Labute approximate surface area is 127 Å². The van der Waals surface area contributed by atoms with Crippen molar-refractivity contribution in [1.82, 2.24) is 0 Å². The molecular weight excluding hydrogens is 256 g/mol. The molecule has 3 rings (SSSR count). The minimum Gasteiger partial charge on any atom is -0.369 e. The fourth-order valence-corrected chi connectivity index (χ4v) is 3.24. The van der Waals surface area contributed by atoms with Gasteiger partial charge in [-0.1, -0.05) is 48.5 Å². The smallest absolute Gasteiger partial charge is 0.0558 e. The second-order valence-electron chi connectivity index (χ2n) is 6.29. The Morgan fingerprint density at radius 3 is 2.52 bits per heavy atom. The fourth-order valence-electron chi connectivity index (χ4n) is 3.24. The number of hydrogen-bond acceptors (Lipinski definition) is 2. The van der Waals surface area contributed by atoms with Gasteiger partial charge in [0.05, 0.1) is 5.54 Å². The minimum atomic E-state index is -0.335. The van der Waals surface area contributed by atoms with E-state index in [9.17, 15) is 0 Å². The lowest BCUT2D eigenvalue weighted by Crippen LogP contribution is -2.46. The molecule has 0 aromatic heterocycles. The van der Waals surface area contributed by atoms with Gasteiger partial charge in [-0.15, -0.1) is 0 Å². The van der Waals surface area contributed by atoms with Crippen molar-refractivity contribution in [3.05, 3.63) is 65.7 Å². The molecule has 1 aliphatic rings. The number of anilines is 1. The first-order valence-corrected chi connectivity index (χ1v) is 7.84. The highest BCUT2D eigenvalue weighted by atomic mass is 15.2. The van der Waals surface area contributed by atoms with E-state index in [1.165, 1.54) is 36.1 Å². The molecule has 1 heterocycles. The van der Waals surface area contributed by atoms with Crippen LogP contribution in [0.4, 0.5) is 5.69 Å². The summed E-state index contributed by atoms with van der Waals surface area (Å²) >= 11 is 0. The Balaban J connectivity index is 1.87. The van der Waals surface area contributed by atoms with Crippen molar-refractivity contribution < 1.29 is 0 Å². The Morgan fingerprint density at radius 1 is 1.00 bits per heavy atom. The quantitative estimate of drug-likeness (QED) is 0.929. The number of nitrogens with zero attached hydrogens (tertiary/aromatic N) is 1. The van der Waals surface area contributed by atoms with E-state index in [-0.39, 0.29) is 5.54 Å². The third-order valence-electron chi connectivity index (χ3n) is 4.41. The zero-order valence-corrected chi connectivity index (χ0v) is 12.8. The summed E-state index contributed by atoms with van der Waals surface area (Å²) < 4.78 is 0. The topological polar surface area (TPSA) is 29.3 Å². The first kappa shape index (κ1) is 14.2. The zero-order chi connectivity index (χ0) is 14.7. The van der Waals surface area contributed by atoms with Crippen molar-refractivity contribution in [2.45, 2.75) is 31.7 Å². The van der Waals surface area contributed by atoms with Gasteiger partial charge in [-0.2, -0.15) is 0 Å². The average molecular weight is 280 g/mol. The van der Waals surface area contributed by atoms with Gasteiger partial charge < -0.3 is 10.6 Å². The van der Waals surface area contributed by atoms with Crippen LogP contribution in [0.25, 0.3) is 0 Å². The fraction of sp³-hybridized carbons (Fsp3) is 0.368. The maximum atomic E-state index is 6.64. The summed E-state index contributed by atoms with van der Waals surface area (Å²) in [5.41, 5.74) is 10.3. The van der Waals surface area contributed by atoms with Crippen LogP contribution in [0, 0.1) is 0 Å². The van der Waals surface area contributed by atoms with Crippen LogP contribution in [0.3, 0.4) is 0 Å². The van der Waals surface area contributed by atoms with E-state index in [1.54, 1.807) is 0 Å². The molecule has 110 valence electrons. The number of rotatable bonds is 3. The van der Waals surface area contributed by atoms with Crippen LogP contribution in [0.15, 0.2) is 54.6 Å². The number of aryl methyl sites for hydroxylation is 1. The Hall–Kier alpha value is -1.80. The SMILES string of the molecule is CC(N)(CN1CCCCc2ccccc21)c1ccccc1. The van der Waals surface area contributed by atoms with E-state index in [0.717, 1.165) is 13.1 Å². The first-order valence-electron chi connectivity index (χ1n) is 7.84. The third-order valence-corrected chi connectivity index (χ3v) is 4.41. The molecular formula is C19H24N2. The summed E-state index contributed by atoms with van der Waals surface area (Å²) in [7, 11) is 0. The van der Waals surface area contributed by atoms with E-state index in [0.29, 0.717) is 0 Å². The zero-order valence-electron chi connectivity index (χ0n) is 12.8. The average Bonchev–Trinajstić information content (AvgIpc) is 2.71. The lowest BCUT2D eigenvalue weighted by molar-refractivity contribution is 0.481. The maximum absolute atomic E-state index is 6.64. The second kappa shape index (κ2) is 5.90. The summed E-state index contributed by atoms with van der Waals surface area (Å²) in [5, 5.41) is 0. The van der Waals surface area contributed by atoms with Crippen molar-refractivity contribution in [2.75, 3.05) is 18.0 Å². The van der Waals surface area contributed by atoms with Gasteiger partial charge in [0, 0.05) is 18.8 Å². The number of benzene rings is 2. The molecule has 0 radical (unpaired) electrons. The molecule has 2 heteroatoms. The molecule has 1 unspecified atom stereocenters. The summed E-state index contributed by atoms with van der Waals surface area (Å²) in [6.07, 6.45) is 3.68. The predicted molar refractivity (Wildman–Crippen MR) is 89.6 cm³/mol. The Kier molecular flexibility index (Phi) is 3.98. The van der Waals surface area contributed by atoms with Gasteiger partial charge in [0.2, 0.25) is 0 Å². The van der Waals surface area contributed by atoms with E-state index < -0.39 is 0 Å². The first-order chi connectivity index (χ1) is 10.2. The number of fused-ring (bicyclic) bond motifs is 1. The molecule has 0 amide bonds. The molecule has 2 aromatic rings. The standard InChI is InChI=1S/C19H24N2/c1-19(20,17-11-3-2-4-12-17)15-21-14-8-7-10-16-9-5-6-13-18(16)21/h2-6,9,11-13H,7-8,10,14-15,20H2,1H3. The number of hydrogen-bond donors (Lipinski definition) is 1. The van der Waals surface area contributed by atoms with Gasteiger partial charge in [0.15, 0.2) is 0 Å². The van der Waals surface area contributed by atoms with Crippen LogP contribution in [-0.2, 0) is 12.0 Å². The monoisotopic (exact) mass is 280 g/mol. The van der Waals surface area contributed by atoms with Crippen LogP contribution < -0.4 is 10.6 Å². The summed E-state index contributed by atoms with van der Waals surface area (Å²) in [5.74, 6) is 0. The van der Waals surface area contributed by atoms with Gasteiger partial charge >= 0.3 is 0 Å². The van der Waals surface area contributed by atoms with E-state index in [1.807, 2.05) is 6.07 Å². The maximum Gasteiger partial charge on any atom is 0.0558 e. The van der Waals surface area contributed by atoms with Gasteiger partial charge in [0.1, 0.15) is 0 Å². The van der Waals surface area contributed by atoms with Gasteiger partial charge in [-0.3, -0.25) is 0 Å². The number of nitrogens with two attached hydrogens (primary N) is 1. The normalized spacial score (nSPS) is 17.7. The van der Waals surface area contributed by atoms with Crippen molar-refractivity contribution in [3.63, 3.8) is 0 Å². The lowest BCUT2D eigenvalue weighted by Gasteiger charge is -2.34. The highest BCUT2D eigenvalue weighted by Gasteiger charge is 2.26. The number of para-hydroxylation sites is 1. The minimum absolute atomic E-state index is 0.335. The molecule has 2 nitrogen and oxygen atoms in total. The molecule has 0 spiro atoms. The molecule has 0 aliphatic carbocycles. The van der Waals surface area contributed by atoms with Crippen LogP contribution in [0.5, 0.6) is 0 Å². The third kappa shape index (κ3) is 3.11. The molecule has 2 aromatic carbocycles. The molecule has 0 saturated carbocycles. The molecule has 0 fully saturated rings. The molecule has 1 atom stereocenters.